The van der Waals surface area contributed by atoms with Gasteiger partial charge in [-0.1, -0.05) is 65.2 Å². The SMILES string of the molecule is C1CCCCNNNNCCC1.CCCCCC. The van der Waals surface area contributed by atoms with E-state index in [2.05, 4.69) is 35.8 Å². The molecule has 0 spiro atoms. The molecule has 1 aliphatic heterocycles. The van der Waals surface area contributed by atoms with Crippen molar-refractivity contribution < 1.29 is 0 Å². The van der Waals surface area contributed by atoms with E-state index in [-0.39, 0.29) is 0 Å². The summed E-state index contributed by atoms with van der Waals surface area (Å²) in [5.74, 6) is 0. The highest BCUT2D eigenvalue weighted by Crippen LogP contribution is 2.04. The van der Waals surface area contributed by atoms with Gasteiger partial charge in [0.15, 0.2) is 0 Å². The number of hydrazine groups is 3. The molecule has 1 saturated heterocycles. The highest BCUT2D eigenvalue weighted by Gasteiger charge is 1.93. The van der Waals surface area contributed by atoms with Gasteiger partial charge in [-0.05, 0) is 12.8 Å². The largest absolute Gasteiger partial charge is 0.243 e. The molecular formula is C14H34N4. The minimum absolute atomic E-state index is 1.04. The minimum Gasteiger partial charge on any atom is -0.243 e. The standard InChI is InChI=1S/C8H20N4.C6H14/c1-2-4-6-8-10-12-11-9-7-5-3-1;1-3-5-6-4-2/h9-12H,1-8H2;3-6H2,1-2H3. The molecule has 1 aliphatic rings. The van der Waals surface area contributed by atoms with Crippen molar-refractivity contribution in [2.75, 3.05) is 13.1 Å². The van der Waals surface area contributed by atoms with Crippen LogP contribution in [0.1, 0.15) is 78.1 Å². The summed E-state index contributed by atoms with van der Waals surface area (Å²) >= 11 is 0. The van der Waals surface area contributed by atoms with Crippen LogP contribution in [0.5, 0.6) is 0 Å². The summed E-state index contributed by atoms with van der Waals surface area (Å²) in [6.45, 7) is 6.54. The van der Waals surface area contributed by atoms with Gasteiger partial charge in [0.05, 0.1) is 0 Å². The Kier molecular flexibility index (Phi) is 16.7. The predicted molar refractivity (Wildman–Crippen MR) is 79.8 cm³/mol. The lowest BCUT2D eigenvalue weighted by Crippen LogP contribution is -2.51. The summed E-state index contributed by atoms with van der Waals surface area (Å²) in [6, 6.07) is 0. The maximum Gasteiger partial charge on any atom is 0.0113 e. The third-order valence-electron chi connectivity index (χ3n) is 3.05. The van der Waals surface area contributed by atoms with Gasteiger partial charge in [-0.2, -0.15) is 11.1 Å². The normalized spacial score (nSPS) is 19.0. The molecule has 0 saturated carbocycles. The summed E-state index contributed by atoms with van der Waals surface area (Å²) < 4.78 is 0. The maximum atomic E-state index is 3.08. The Morgan fingerprint density at radius 3 is 1.39 bits per heavy atom. The zero-order valence-electron chi connectivity index (χ0n) is 12.5. The van der Waals surface area contributed by atoms with Crippen LogP contribution in [0.2, 0.25) is 0 Å². The Bertz CT molecular complexity index is 94.7. The van der Waals surface area contributed by atoms with E-state index in [0.29, 0.717) is 0 Å². The topological polar surface area (TPSA) is 48.1 Å². The predicted octanol–water partition coefficient (Wildman–Crippen LogP) is 3.03. The molecule has 1 rings (SSSR count). The Morgan fingerprint density at radius 2 is 1.00 bits per heavy atom. The first-order valence-electron chi connectivity index (χ1n) is 7.87. The molecule has 1 heterocycles. The Labute approximate surface area is 114 Å². The van der Waals surface area contributed by atoms with Gasteiger partial charge in [0.25, 0.3) is 0 Å². The number of rotatable bonds is 3. The molecule has 0 aromatic carbocycles. The van der Waals surface area contributed by atoms with E-state index in [1.165, 1.54) is 64.2 Å². The fourth-order valence-corrected chi connectivity index (χ4v) is 1.85. The van der Waals surface area contributed by atoms with Crippen LogP contribution < -0.4 is 21.9 Å². The van der Waals surface area contributed by atoms with Crippen molar-refractivity contribution in [1.82, 2.24) is 21.9 Å². The lowest BCUT2D eigenvalue weighted by Gasteiger charge is -2.11. The highest BCUT2D eigenvalue weighted by atomic mass is 15.7. The van der Waals surface area contributed by atoms with E-state index in [0.717, 1.165) is 13.1 Å². The second kappa shape index (κ2) is 16.8. The zero-order chi connectivity index (χ0) is 13.3. The van der Waals surface area contributed by atoms with E-state index in [1.807, 2.05) is 0 Å². The molecule has 0 radical (unpaired) electrons. The van der Waals surface area contributed by atoms with Gasteiger partial charge in [0.1, 0.15) is 0 Å². The second-order valence-electron chi connectivity index (χ2n) is 4.93. The fraction of sp³-hybridized carbons (Fsp3) is 1.00. The van der Waals surface area contributed by atoms with Crippen LogP contribution in [-0.4, -0.2) is 13.1 Å². The van der Waals surface area contributed by atoms with Crippen LogP contribution >= 0.6 is 0 Å². The summed E-state index contributed by atoms with van der Waals surface area (Å²) in [5.41, 5.74) is 11.9. The van der Waals surface area contributed by atoms with E-state index in [1.54, 1.807) is 0 Å². The van der Waals surface area contributed by atoms with Crippen molar-refractivity contribution in [1.29, 1.82) is 0 Å². The molecule has 18 heavy (non-hydrogen) atoms. The summed E-state index contributed by atoms with van der Waals surface area (Å²) in [7, 11) is 0. The van der Waals surface area contributed by atoms with E-state index in [4.69, 9.17) is 0 Å². The van der Waals surface area contributed by atoms with Gasteiger partial charge in [0, 0.05) is 13.1 Å². The van der Waals surface area contributed by atoms with Gasteiger partial charge in [0.2, 0.25) is 0 Å². The first kappa shape index (κ1) is 17.8. The van der Waals surface area contributed by atoms with E-state index >= 15 is 0 Å². The summed E-state index contributed by atoms with van der Waals surface area (Å²) in [4.78, 5) is 0. The van der Waals surface area contributed by atoms with Gasteiger partial charge in [-0.25, -0.2) is 10.9 Å². The van der Waals surface area contributed by atoms with Crippen LogP contribution in [0.4, 0.5) is 0 Å². The van der Waals surface area contributed by atoms with Crippen molar-refractivity contribution in [2.24, 2.45) is 0 Å². The molecule has 0 bridgehead atoms. The average Bonchev–Trinajstić information content (AvgIpc) is 2.38. The van der Waals surface area contributed by atoms with Crippen molar-refractivity contribution in [3.63, 3.8) is 0 Å². The van der Waals surface area contributed by atoms with Crippen LogP contribution in [0.3, 0.4) is 0 Å². The van der Waals surface area contributed by atoms with Crippen molar-refractivity contribution in [2.45, 2.75) is 78.1 Å². The minimum atomic E-state index is 1.04. The molecule has 0 aliphatic carbocycles. The zero-order valence-corrected chi connectivity index (χ0v) is 12.5. The van der Waals surface area contributed by atoms with E-state index in [9.17, 15) is 0 Å². The smallest absolute Gasteiger partial charge is 0.0113 e. The fourth-order valence-electron chi connectivity index (χ4n) is 1.85. The molecule has 0 amide bonds. The van der Waals surface area contributed by atoms with Gasteiger partial charge < -0.3 is 0 Å². The van der Waals surface area contributed by atoms with Crippen LogP contribution in [0, 0.1) is 0 Å². The Hall–Kier alpha value is -0.160. The summed E-state index contributed by atoms with van der Waals surface area (Å²) in [5, 5.41) is 0. The van der Waals surface area contributed by atoms with Crippen LogP contribution in [0.25, 0.3) is 0 Å². The number of hydrogen-bond acceptors (Lipinski definition) is 4. The Morgan fingerprint density at radius 1 is 0.611 bits per heavy atom. The molecule has 0 unspecified atom stereocenters. The van der Waals surface area contributed by atoms with Gasteiger partial charge >= 0.3 is 0 Å². The quantitative estimate of drug-likeness (QED) is 0.588. The van der Waals surface area contributed by atoms with Crippen molar-refractivity contribution in [3.05, 3.63) is 0 Å². The summed E-state index contributed by atoms with van der Waals surface area (Å²) in [6.07, 6.45) is 13.5. The number of unbranched alkanes of at least 4 members (excludes halogenated alkanes) is 3. The first-order chi connectivity index (χ1) is 8.91. The highest BCUT2D eigenvalue weighted by molar-refractivity contribution is 4.49. The van der Waals surface area contributed by atoms with E-state index < -0.39 is 0 Å². The molecule has 4 nitrogen and oxygen atoms in total. The van der Waals surface area contributed by atoms with Crippen LogP contribution in [0.15, 0.2) is 0 Å². The molecule has 0 aromatic heterocycles. The number of nitrogens with one attached hydrogen (secondary N) is 4. The maximum absolute atomic E-state index is 3.08. The Balaban J connectivity index is 0.000000411. The molecule has 4 heteroatoms. The lowest BCUT2D eigenvalue weighted by molar-refractivity contribution is 0.354. The molecule has 0 atom stereocenters. The monoisotopic (exact) mass is 258 g/mol. The second-order valence-corrected chi connectivity index (χ2v) is 4.93. The molecule has 4 N–H and O–H groups in total. The molecule has 110 valence electrons. The third-order valence-corrected chi connectivity index (χ3v) is 3.05. The van der Waals surface area contributed by atoms with Crippen molar-refractivity contribution >= 4 is 0 Å². The number of hydrogen-bond donors (Lipinski definition) is 4. The average molecular weight is 258 g/mol. The molecule has 0 aromatic rings. The van der Waals surface area contributed by atoms with Crippen molar-refractivity contribution in [3.8, 4) is 0 Å². The lowest BCUT2D eigenvalue weighted by atomic mass is 10.1. The van der Waals surface area contributed by atoms with Gasteiger partial charge in [-0.3, -0.25) is 0 Å². The molecular weight excluding hydrogens is 224 g/mol. The third kappa shape index (κ3) is 15.8. The molecule has 1 fully saturated rings. The van der Waals surface area contributed by atoms with Crippen LogP contribution in [-0.2, 0) is 0 Å². The first-order valence-corrected chi connectivity index (χ1v) is 7.87. The van der Waals surface area contributed by atoms with Gasteiger partial charge in [-0.15, -0.1) is 0 Å².